The van der Waals surface area contributed by atoms with E-state index in [0.29, 0.717) is 6.01 Å². The number of hydrogen-bond acceptors (Lipinski definition) is 3. The van der Waals surface area contributed by atoms with Crippen molar-refractivity contribution in [2.24, 2.45) is 0 Å². The summed E-state index contributed by atoms with van der Waals surface area (Å²) in [5.41, 5.74) is 0.889. The number of benzene rings is 1. The van der Waals surface area contributed by atoms with Crippen LogP contribution in [0.2, 0.25) is 0 Å². The molecule has 0 atom stereocenters. The number of halogens is 1. The molecular weight excluding hydrogens is 272 g/mol. The normalized spacial score (nSPS) is 10.2. The summed E-state index contributed by atoms with van der Waals surface area (Å²) in [5.74, 6) is 0.769. The van der Waals surface area contributed by atoms with Crippen LogP contribution >= 0.6 is 15.9 Å². The lowest BCUT2D eigenvalue weighted by Gasteiger charge is -2.10. The number of ether oxygens (including phenoxy) is 2. The van der Waals surface area contributed by atoms with Crippen LogP contribution in [0.4, 0.5) is 0 Å². The smallest absolute Gasteiger partial charge is 0.301 e. The second kappa shape index (κ2) is 4.57. The zero-order chi connectivity index (χ0) is 11.5. The molecule has 0 aliphatic carbocycles. The Morgan fingerprint density at radius 3 is 2.62 bits per heavy atom. The van der Waals surface area contributed by atoms with Crippen molar-refractivity contribution in [2.75, 3.05) is 14.2 Å². The van der Waals surface area contributed by atoms with Crippen LogP contribution in [0.1, 0.15) is 0 Å². The van der Waals surface area contributed by atoms with Crippen molar-refractivity contribution in [3.8, 4) is 17.4 Å². The van der Waals surface area contributed by atoms with Crippen molar-refractivity contribution in [1.29, 1.82) is 0 Å². The maximum absolute atomic E-state index is 5.29. The summed E-state index contributed by atoms with van der Waals surface area (Å²) in [4.78, 5) is 4.18. The van der Waals surface area contributed by atoms with Crippen molar-refractivity contribution in [2.45, 2.75) is 0 Å². The Bertz CT molecular complexity index is 496. The monoisotopic (exact) mass is 282 g/mol. The lowest BCUT2D eigenvalue weighted by molar-refractivity contribution is 0.369. The molecule has 2 aromatic rings. The second-order valence-electron chi connectivity index (χ2n) is 3.09. The van der Waals surface area contributed by atoms with Crippen LogP contribution in [-0.2, 0) is 0 Å². The predicted molar refractivity (Wildman–Crippen MR) is 64.4 cm³/mol. The third kappa shape index (κ3) is 1.90. The molecule has 0 aliphatic heterocycles. The lowest BCUT2D eigenvalue weighted by atomic mass is 10.3. The molecule has 1 aromatic carbocycles. The van der Waals surface area contributed by atoms with E-state index in [1.165, 1.54) is 0 Å². The Morgan fingerprint density at radius 2 is 1.94 bits per heavy atom. The highest BCUT2D eigenvalue weighted by Gasteiger charge is 2.11. The van der Waals surface area contributed by atoms with Gasteiger partial charge in [-0.3, -0.25) is 4.57 Å². The highest BCUT2D eigenvalue weighted by Crippen LogP contribution is 2.27. The van der Waals surface area contributed by atoms with E-state index in [9.17, 15) is 0 Å². The molecule has 0 unspecified atom stereocenters. The number of methoxy groups -OCH3 is 2. The summed E-state index contributed by atoms with van der Waals surface area (Å²) in [7, 11) is 3.22. The number of rotatable bonds is 3. The van der Waals surface area contributed by atoms with Crippen molar-refractivity contribution >= 4 is 15.9 Å². The molecule has 0 fully saturated rings. The van der Waals surface area contributed by atoms with Gasteiger partial charge in [0.05, 0.1) is 19.9 Å². The van der Waals surface area contributed by atoms with Gasteiger partial charge in [-0.25, -0.2) is 0 Å². The molecule has 0 amide bonds. The Labute approximate surface area is 102 Å². The topological polar surface area (TPSA) is 36.3 Å². The quantitative estimate of drug-likeness (QED) is 0.868. The van der Waals surface area contributed by atoms with Gasteiger partial charge in [-0.1, -0.05) is 12.1 Å². The third-order valence-electron chi connectivity index (χ3n) is 2.17. The molecule has 5 heteroatoms. The maximum atomic E-state index is 5.29. The summed E-state index contributed by atoms with van der Waals surface area (Å²) in [6, 6.07) is 8.20. The van der Waals surface area contributed by atoms with E-state index in [2.05, 4.69) is 20.9 Å². The van der Waals surface area contributed by atoms with Crippen molar-refractivity contribution in [3.05, 3.63) is 35.1 Å². The van der Waals surface area contributed by atoms with Crippen molar-refractivity contribution < 1.29 is 9.47 Å². The van der Waals surface area contributed by atoms with Gasteiger partial charge in [-0.2, -0.15) is 4.98 Å². The van der Waals surface area contributed by atoms with E-state index in [1.54, 1.807) is 14.2 Å². The molecule has 0 saturated carbocycles. The molecule has 16 heavy (non-hydrogen) atoms. The molecule has 0 aliphatic rings. The minimum Gasteiger partial charge on any atom is -0.495 e. The van der Waals surface area contributed by atoms with Crippen LogP contribution in [0.5, 0.6) is 11.8 Å². The predicted octanol–water partition coefficient (Wildman–Crippen LogP) is 2.65. The van der Waals surface area contributed by atoms with Crippen LogP contribution in [0.3, 0.4) is 0 Å². The van der Waals surface area contributed by atoms with E-state index in [1.807, 2.05) is 35.0 Å². The molecule has 0 saturated heterocycles. The first-order chi connectivity index (χ1) is 7.76. The standard InChI is InChI=1S/C11H11BrN2O2/c1-15-9-6-4-3-5-8(9)14-7-10(12)13-11(14)16-2/h3-7H,1-2H3. The van der Waals surface area contributed by atoms with Crippen LogP contribution in [0, 0.1) is 0 Å². The molecular formula is C11H11BrN2O2. The minimum absolute atomic E-state index is 0.511. The summed E-state index contributed by atoms with van der Waals surface area (Å²) in [6.07, 6.45) is 1.83. The molecule has 1 heterocycles. The molecule has 0 bridgehead atoms. The number of hydrogen-bond donors (Lipinski definition) is 0. The largest absolute Gasteiger partial charge is 0.495 e. The Kier molecular flexibility index (Phi) is 3.14. The van der Waals surface area contributed by atoms with Gasteiger partial charge in [-0.15, -0.1) is 0 Å². The number of para-hydroxylation sites is 2. The van der Waals surface area contributed by atoms with Gasteiger partial charge in [0.2, 0.25) is 0 Å². The van der Waals surface area contributed by atoms with Crippen LogP contribution in [0.15, 0.2) is 35.1 Å². The highest BCUT2D eigenvalue weighted by molar-refractivity contribution is 9.10. The van der Waals surface area contributed by atoms with Gasteiger partial charge in [0.1, 0.15) is 10.4 Å². The average Bonchev–Trinajstić information content (AvgIpc) is 2.70. The lowest BCUT2D eigenvalue weighted by Crippen LogP contribution is -1.99. The fourth-order valence-electron chi connectivity index (χ4n) is 1.48. The van der Waals surface area contributed by atoms with Gasteiger partial charge in [0.25, 0.3) is 0 Å². The molecule has 2 rings (SSSR count). The summed E-state index contributed by atoms with van der Waals surface area (Å²) < 4.78 is 13.0. The molecule has 1 aromatic heterocycles. The molecule has 84 valence electrons. The third-order valence-corrected chi connectivity index (χ3v) is 2.55. The fourth-order valence-corrected chi connectivity index (χ4v) is 1.84. The Hall–Kier alpha value is -1.49. The first-order valence-electron chi connectivity index (χ1n) is 4.68. The van der Waals surface area contributed by atoms with Gasteiger partial charge < -0.3 is 9.47 Å². The number of aromatic nitrogens is 2. The SMILES string of the molecule is COc1ccccc1-n1cc(Br)nc1OC. The zero-order valence-electron chi connectivity index (χ0n) is 8.98. The number of imidazole rings is 1. The average molecular weight is 283 g/mol. The molecule has 0 N–H and O–H groups in total. The minimum atomic E-state index is 0.511. The summed E-state index contributed by atoms with van der Waals surface area (Å²) in [5, 5.41) is 0. The first kappa shape index (κ1) is 11.0. The van der Waals surface area contributed by atoms with E-state index in [0.717, 1.165) is 16.0 Å². The Balaban J connectivity index is 2.57. The summed E-state index contributed by atoms with van der Waals surface area (Å²) >= 11 is 3.31. The fraction of sp³-hybridized carbons (Fsp3) is 0.182. The van der Waals surface area contributed by atoms with Crippen molar-refractivity contribution in [3.63, 3.8) is 0 Å². The van der Waals surface area contributed by atoms with E-state index in [-0.39, 0.29) is 0 Å². The second-order valence-corrected chi connectivity index (χ2v) is 3.90. The van der Waals surface area contributed by atoms with Gasteiger partial charge in [0, 0.05) is 6.20 Å². The van der Waals surface area contributed by atoms with Gasteiger partial charge in [0.15, 0.2) is 0 Å². The van der Waals surface area contributed by atoms with E-state index < -0.39 is 0 Å². The molecule has 0 radical (unpaired) electrons. The van der Waals surface area contributed by atoms with Crippen LogP contribution < -0.4 is 9.47 Å². The molecule has 4 nitrogen and oxygen atoms in total. The van der Waals surface area contributed by atoms with E-state index >= 15 is 0 Å². The Morgan fingerprint density at radius 1 is 1.19 bits per heavy atom. The highest BCUT2D eigenvalue weighted by atomic mass is 79.9. The zero-order valence-corrected chi connectivity index (χ0v) is 10.6. The molecule has 0 spiro atoms. The van der Waals surface area contributed by atoms with Crippen LogP contribution in [-0.4, -0.2) is 23.8 Å². The van der Waals surface area contributed by atoms with E-state index in [4.69, 9.17) is 9.47 Å². The summed E-state index contributed by atoms with van der Waals surface area (Å²) in [6.45, 7) is 0. The number of nitrogens with zero attached hydrogens (tertiary/aromatic N) is 2. The maximum Gasteiger partial charge on any atom is 0.301 e. The van der Waals surface area contributed by atoms with Gasteiger partial charge in [-0.05, 0) is 28.1 Å². The van der Waals surface area contributed by atoms with Gasteiger partial charge >= 0.3 is 6.01 Å². The first-order valence-corrected chi connectivity index (χ1v) is 5.48. The van der Waals surface area contributed by atoms with Crippen molar-refractivity contribution in [1.82, 2.24) is 9.55 Å². The van der Waals surface area contributed by atoms with Crippen LogP contribution in [0.25, 0.3) is 5.69 Å².